The van der Waals surface area contributed by atoms with Gasteiger partial charge in [0.05, 0.1) is 17.9 Å². The second-order valence-electron chi connectivity index (χ2n) is 4.99. The molecule has 1 amide bonds. The molecule has 0 bridgehead atoms. The van der Waals surface area contributed by atoms with Crippen molar-refractivity contribution in [2.45, 2.75) is 12.8 Å². The van der Waals surface area contributed by atoms with Gasteiger partial charge in [-0.3, -0.25) is 9.52 Å². The Labute approximate surface area is 119 Å². The van der Waals surface area contributed by atoms with E-state index in [9.17, 15) is 13.2 Å². The summed E-state index contributed by atoms with van der Waals surface area (Å²) in [5.74, 6) is -0.0658. The molecule has 20 heavy (non-hydrogen) atoms. The highest BCUT2D eigenvalue weighted by molar-refractivity contribution is 7.92. The highest BCUT2D eigenvalue weighted by Gasteiger charge is 2.20. The molecule has 6 nitrogen and oxygen atoms in total. The number of amides is 1. The number of nitrogens with one attached hydrogen (secondary N) is 3. The third kappa shape index (κ3) is 4.50. The fraction of sp³-hybridized carbons (Fsp3) is 0.462. The summed E-state index contributed by atoms with van der Waals surface area (Å²) < 4.78 is 24.7. The van der Waals surface area contributed by atoms with Crippen molar-refractivity contribution >= 4 is 27.3 Å². The van der Waals surface area contributed by atoms with Crippen molar-refractivity contribution in [2.75, 3.05) is 29.4 Å². The maximum atomic E-state index is 12.1. The van der Waals surface area contributed by atoms with Crippen LogP contribution < -0.4 is 15.4 Å². The summed E-state index contributed by atoms with van der Waals surface area (Å²) in [6.07, 6.45) is 2.96. The van der Waals surface area contributed by atoms with Crippen LogP contribution in [-0.4, -0.2) is 33.7 Å². The molecule has 1 heterocycles. The number of hydrogen-bond acceptors (Lipinski definition) is 4. The molecule has 110 valence electrons. The highest BCUT2D eigenvalue weighted by Crippen LogP contribution is 2.18. The minimum atomic E-state index is -3.32. The molecule has 0 unspecified atom stereocenters. The Morgan fingerprint density at radius 1 is 1.35 bits per heavy atom. The van der Waals surface area contributed by atoms with Gasteiger partial charge in [0.15, 0.2) is 0 Å². The number of sulfonamides is 1. The average molecular weight is 297 g/mol. The molecule has 1 atom stereocenters. The van der Waals surface area contributed by atoms with E-state index in [4.69, 9.17) is 0 Å². The van der Waals surface area contributed by atoms with Gasteiger partial charge in [0.2, 0.25) is 15.9 Å². The zero-order valence-corrected chi connectivity index (χ0v) is 12.2. The second-order valence-corrected chi connectivity index (χ2v) is 6.74. The van der Waals surface area contributed by atoms with Crippen molar-refractivity contribution in [1.82, 2.24) is 5.32 Å². The third-order valence-corrected chi connectivity index (χ3v) is 3.71. The standard InChI is InChI=1S/C13H19N3O3S/c1-20(18,19)16-12-6-2-5-11(8-12)15-13(17)10-4-3-7-14-9-10/h2,5-6,8,10,14,16H,3-4,7,9H2,1H3,(H,15,17)/t10-/m0/s1. The number of benzene rings is 1. The van der Waals surface area contributed by atoms with Gasteiger partial charge in [-0.15, -0.1) is 0 Å². The molecule has 0 aliphatic carbocycles. The molecule has 0 spiro atoms. The lowest BCUT2D eigenvalue weighted by molar-refractivity contribution is -0.120. The molecule has 7 heteroatoms. The Hall–Kier alpha value is -1.60. The number of anilines is 2. The topological polar surface area (TPSA) is 87.3 Å². The van der Waals surface area contributed by atoms with E-state index < -0.39 is 10.0 Å². The third-order valence-electron chi connectivity index (χ3n) is 3.10. The van der Waals surface area contributed by atoms with E-state index in [0.29, 0.717) is 17.9 Å². The second kappa shape index (κ2) is 6.23. The first-order valence-corrected chi connectivity index (χ1v) is 8.42. The highest BCUT2D eigenvalue weighted by atomic mass is 32.2. The van der Waals surface area contributed by atoms with Crippen LogP contribution in [0.25, 0.3) is 0 Å². The van der Waals surface area contributed by atoms with Gasteiger partial charge in [0, 0.05) is 12.2 Å². The molecule has 1 aromatic rings. The predicted molar refractivity (Wildman–Crippen MR) is 79.1 cm³/mol. The van der Waals surface area contributed by atoms with Crippen LogP contribution >= 0.6 is 0 Å². The first-order chi connectivity index (χ1) is 9.44. The molecule has 1 aromatic carbocycles. The van der Waals surface area contributed by atoms with Gasteiger partial charge in [-0.05, 0) is 37.6 Å². The van der Waals surface area contributed by atoms with Crippen LogP contribution in [0.15, 0.2) is 24.3 Å². The fourth-order valence-electron chi connectivity index (χ4n) is 2.19. The van der Waals surface area contributed by atoms with Crippen molar-refractivity contribution < 1.29 is 13.2 Å². The summed E-state index contributed by atoms with van der Waals surface area (Å²) in [4.78, 5) is 12.1. The summed E-state index contributed by atoms with van der Waals surface area (Å²) in [6.45, 7) is 1.64. The SMILES string of the molecule is CS(=O)(=O)Nc1cccc(NC(=O)[C@H]2CCCNC2)c1. The smallest absolute Gasteiger partial charge is 0.229 e. The van der Waals surface area contributed by atoms with E-state index >= 15 is 0 Å². The molecule has 1 aliphatic heterocycles. The van der Waals surface area contributed by atoms with Gasteiger partial charge in [-0.25, -0.2) is 8.42 Å². The lowest BCUT2D eigenvalue weighted by Crippen LogP contribution is -2.37. The van der Waals surface area contributed by atoms with Crippen LogP contribution in [0, 0.1) is 5.92 Å². The Kier molecular flexibility index (Phi) is 4.61. The normalized spacial score (nSPS) is 19.4. The molecule has 1 fully saturated rings. The number of piperidine rings is 1. The molecule has 0 aromatic heterocycles. The van der Waals surface area contributed by atoms with Crippen molar-refractivity contribution in [3.8, 4) is 0 Å². The van der Waals surface area contributed by atoms with Crippen molar-refractivity contribution in [2.24, 2.45) is 5.92 Å². The lowest BCUT2D eigenvalue weighted by Gasteiger charge is -2.22. The quantitative estimate of drug-likeness (QED) is 0.773. The molecular weight excluding hydrogens is 278 g/mol. The zero-order valence-electron chi connectivity index (χ0n) is 11.3. The van der Waals surface area contributed by atoms with E-state index in [0.717, 1.165) is 25.6 Å². The summed E-state index contributed by atoms with van der Waals surface area (Å²) >= 11 is 0. The maximum absolute atomic E-state index is 12.1. The van der Waals surface area contributed by atoms with Crippen LogP contribution in [0.3, 0.4) is 0 Å². The molecular formula is C13H19N3O3S. The minimum absolute atomic E-state index is 0.0322. The molecule has 1 aliphatic rings. The molecule has 0 radical (unpaired) electrons. The van der Waals surface area contributed by atoms with Gasteiger partial charge in [0.1, 0.15) is 0 Å². The summed E-state index contributed by atoms with van der Waals surface area (Å²) in [5.41, 5.74) is 1.03. The first-order valence-electron chi connectivity index (χ1n) is 6.53. The zero-order chi connectivity index (χ0) is 14.6. The van der Waals surface area contributed by atoms with E-state index in [1.54, 1.807) is 24.3 Å². The number of carbonyl (C=O) groups is 1. The van der Waals surface area contributed by atoms with E-state index in [-0.39, 0.29) is 11.8 Å². The summed E-state index contributed by atoms with van der Waals surface area (Å²) in [5, 5.41) is 6.02. The van der Waals surface area contributed by atoms with Gasteiger partial charge in [0.25, 0.3) is 0 Å². The Bertz CT molecular complexity index is 580. The molecule has 2 rings (SSSR count). The number of hydrogen-bond donors (Lipinski definition) is 3. The van der Waals surface area contributed by atoms with Gasteiger partial charge in [-0.1, -0.05) is 6.07 Å². The minimum Gasteiger partial charge on any atom is -0.326 e. The Balaban J connectivity index is 2.02. The predicted octanol–water partition coefficient (Wildman–Crippen LogP) is 0.996. The Morgan fingerprint density at radius 3 is 2.75 bits per heavy atom. The van der Waals surface area contributed by atoms with Crippen LogP contribution in [-0.2, 0) is 14.8 Å². The van der Waals surface area contributed by atoms with Crippen LogP contribution in [0.5, 0.6) is 0 Å². The van der Waals surface area contributed by atoms with Crippen molar-refractivity contribution in [1.29, 1.82) is 0 Å². The van der Waals surface area contributed by atoms with Gasteiger partial charge < -0.3 is 10.6 Å². The van der Waals surface area contributed by atoms with Crippen LogP contribution in [0.2, 0.25) is 0 Å². The number of rotatable bonds is 4. The first kappa shape index (κ1) is 14.8. The summed E-state index contributed by atoms with van der Waals surface area (Å²) in [6, 6.07) is 6.68. The maximum Gasteiger partial charge on any atom is 0.229 e. The Morgan fingerprint density at radius 2 is 2.10 bits per heavy atom. The molecule has 1 saturated heterocycles. The van der Waals surface area contributed by atoms with E-state index in [1.807, 2.05) is 0 Å². The van der Waals surface area contributed by atoms with Crippen molar-refractivity contribution in [3.05, 3.63) is 24.3 Å². The monoisotopic (exact) mass is 297 g/mol. The summed E-state index contributed by atoms with van der Waals surface area (Å²) in [7, 11) is -3.32. The van der Waals surface area contributed by atoms with E-state index in [1.165, 1.54) is 0 Å². The number of carbonyl (C=O) groups excluding carboxylic acids is 1. The lowest BCUT2D eigenvalue weighted by atomic mass is 9.99. The van der Waals surface area contributed by atoms with Crippen LogP contribution in [0.1, 0.15) is 12.8 Å². The van der Waals surface area contributed by atoms with Gasteiger partial charge in [-0.2, -0.15) is 0 Å². The molecule has 0 saturated carbocycles. The van der Waals surface area contributed by atoms with Crippen molar-refractivity contribution in [3.63, 3.8) is 0 Å². The fourth-order valence-corrected chi connectivity index (χ4v) is 2.75. The van der Waals surface area contributed by atoms with E-state index in [2.05, 4.69) is 15.4 Å². The van der Waals surface area contributed by atoms with Crippen LogP contribution in [0.4, 0.5) is 11.4 Å². The van der Waals surface area contributed by atoms with Gasteiger partial charge >= 0.3 is 0 Å². The average Bonchev–Trinajstić information content (AvgIpc) is 2.38. The largest absolute Gasteiger partial charge is 0.326 e. The molecule has 3 N–H and O–H groups in total.